The van der Waals surface area contributed by atoms with Crippen LogP contribution in [0.1, 0.15) is 12.5 Å². The van der Waals surface area contributed by atoms with Gasteiger partial charge in [0.2, 0.25) is 15.9 Å². The smallest absolute Gasteiger partial charge is 0.246 e. The maximum absolute atomic E-state index is 13.2. The van der Waals surface area contributed by atoms with Crippen LogP contribution in [0.4, 0.5) is 10.1 Å². The van der Waals surface area contributed by atoms with E-state index in [-0.39, 0.29) is 11.6 Å². The van der Waals surface area contributed by atoms with Crippen molar-refractivity contribution >= 4 is 33.2 Å². The van der Waals surface area contributed by atoms with Crippen molar-refractivity contribution in [2.75, 3.05) is 17.6 Å². The minimum absolute atomic E-state index is 0.231. The Kier molecular flexibility index (Phi) is 6.26. The standard InChI is InChI=1S/C18H20ClFN2O3S/c1-13(18(23)21(2)12-14-4-6-15(19)7-5-14)22(26(3,24)25)17-10-8-16(20)9-11-17/h4-11,13H,12H2,1-3H3/t13-/m0/s1. The molecule has 1 amide bonds. The Hall–Kier alpha value is -2.12. The minimum atomic E-state index is -3.74. The molecule has 0 saturated heterocycles. The number of amides is 1. The molecule has 26 heavy (non-hydrogen) atoms. The SMILES string of the molecule is C[C@@H](C(=O)N(C)Cc1ccc(Cl)cc1)N(c1ccc(F)cc1)S(C)(=O)=O. The van der Waals surface area contributed by atoms with E-state index < -0.39 is 21.9 Å². The van der Waals surface area contributed by atoms with Gasteiger partial charge < -0.3 is 4.90 Å². The number of rotatable bonds is 6. The van der Waals surface area contributed by atoms with Crippen molar-refractivity contribution in [1.82, 2.24) is 4.90 Å². The van der Waals surface area contributed by atoms with Gasteiger partial charge in [0.15, 0.2) is 0 Å². The number of carbonyl (C=O) groups excluding carboxylic acids is 1. The lowest BCUT2D eigenvalue weighted by molar-refractivity contribution is -0.131. The van der Waals surface area contributed by atoms with Crippen LogP contribution in [-0.2, 0) is 21.4 Å². The van der Waals surface area contributed by atoms with Crippen LogP contribution in [0.3, 0.4) is 0 Å². The summed E-state index contributed by atoms with van der Waals surface area (Å²) < 4.78 is 38.6. The maximum Gasteiger partial charge on any atom is 0.246 e. The minimum Gasteiger partial charge on any atom is -0.340 e. The first-order valence-corrected chi connectivity index (χ1v) is 10.1. The Labute approximate surface area is 158 Å². The van der Waals surface area contributed by atoms with Gasteiger partial charge in [-0.2, -0.15) is 0 Å². The van der Waals surface area contributed by atoms with Crippen molar-refractivity contribution in [3.8, 4) is 0 Å². The summed E-state index contributed by atoms with van der Waals surface area (Å²) in [6, 6.07) is 11.0. The summed E-state index contributed by atoms with van der Waals surface area (Å²) in [6.45, 7) is 1.81. The average Bonchev–Trinajstić information content (AvgIpc) is 2.57. The predicted molar refractivity (Wildman–Crippen MR) is 101 cm³/mol. The van der Waals surface area contributed by atoms with Gasteiger partial charge in [-0.1, -0.05) is 23.7 Å². The monoisotopic (exact) mass is 398 g/mol. The van der Waals surface area contributed by atoms with Crippen LogP contribution in [0.25, 0.3) is 0 Å². The fraction of sp³-hybridized carbons (Fsp3) is 0.278. The molecular weight excluding hydrogens is 379 g/mol. The number of hydrogen-bond acceptors (Lipinski definition) is 3. The van der Waals surface area contributed by atoms with E-state index in [1.807, 2.05) is 0 Å². The predicted octanol–water partition coefficient (Wildman–Crippen LogP) is 3.29. The van der Waals surface area contributed by atoms with E-state index >= 15 is 0 Å². The number of likely N-dealkylation sites (N-methyl/N-ethyl adjacent to an activating group) is 1. The van der Waals surface area contributed by atoms with E-state index in [1.165, 1.54) is 24.0 Å². The molecule has 0 aliphatic heterocycles. The number of carbonyl (C=O) groups is 1. The molecule has 0 bridgehead atoms. The van der Waals surface area contributed by atoms with Crippen LogP contribution in [-0.4, -0.2) is 38.6 Å². The van der Waals surface area contributed by atoms with Crippen LogP contribution in [0.2, 0.25) is 5.02 Å². The first-order valence-electron chi connectivity index (χ1n) is 7.84. The molecule has 0 aliphatic carbocycles. The van der Waals surface area contributed by atoms with Gasteiger partial charge in [-0.05, 0) is 48.9 Å². The number of sulfonamides is 1. The summed E-state index contributed by atoms with van der Waals surface area (Å²) in [4.78, 5) is 14.2. The number of benzene rings is 2. The second-order valence-electron chi connectivity index (χ2n) is 6.03. The van der Waals surface area contributed by atoms with Crippen molar-refractivity contribution in [1.29, 1.82) is 0 Å². The molecule has 0 saturated carbocycles. The van der Waals surface area contributed by atoms with Crippen molar-refractivity contribution in [3.05, 3.63) is 64.9 Å². The van der Waals surface area contributed by atoms with E-state index in [2.05, 4.69) is 0 Å². The van der Waals surface area contributed by atoms with E-state index in [9.17, 15) is 17.6 Å². The van der Waals surface area contributed by atoms with Crippen molar-refractivity contribution in [3.63, 3.8) is 0 Å². The van der Waals surface area contributed by atoms with E-state index in [4.69, 9.17) is 11.6 Å². The van der Waals surface area contributed by atoms with Gasteiger partial charge in [-0.25, -0.2) is 12.8 Å². The molecule has 0 aliphatic rings. The molecule has 2 aromatic carbocycles. The third-order valence-electron chi connectivity index (χ3n) is 3.86. The highest BCUT2D eigenvalue weighted by molar-refractivity contribution is 7.92. The van der Waals surface area contributed by atoms with Crippen LogP contribution < -0.4 is 4.31 Å². The second-order valence-corrected chi connectivity index (χ2v) is 8.33. The molecule has 2 rings (SSSR count). The van der Waals surface area contributed by atoms with Gasteiger partial charge in [-0.3, -0.25) is 9.10 Å². The van der Waals surface area contributed by atoms with Gasteiger partial charge in [0.25, 0.3) is 0 Å². The van der Waals surface area contributed by atoms with Gasteiger partial charge in [0.05, 0.1) is 11.9 Å². The number of nitrogens with zero attached hydrogens (tertiary/aromatic N) is 2. The Morgan fingerprint density at radius 3 is 2.15 bits per heavy atom. The Bertz CT molecular complexity index is 870. The number of halogens is 2. The van der Waals surface area contributed by atoms with Crippen molar-refractivity contribution < 1.29 is 17.6 Å². The van der Waals surface area contributed by atoms with Gasteiger partial charge in [-0.15, -0.1) is 0 Å². The fourth-order valence-electron chi connectivity index (χ4n) is 2.65. The van der Waals surface area contributed by atoms with Crippen LogP contribution in [0.15, 0.2) is 48.5 Å². The quantitative estimate of drug-likeness (QED) is 0.750. The normalized spacial score (nSPS) is 12.5. The number of hydrogen-bond donors (Lipinski definition) is 0. The Morgan fingerprint density at radius 2 is 1.65 bits per heavy atom. The van der Waals surface area contributed by atoms with Gasteiger partial charge >= 0.3 is 0 Å². The van der Waals surface area contributed by atoms with Crippen molar-refractivity contribution in [2.24, 2.45) is 0 Å². The summed E-state index contributed by atoms with van der Waals surface area (Å²) in [5.41, 5.74) is 1.10. The Balaban J connectivity index is 2.23. The van der Waals surface area contributed by atoms with Gasteiger partial charge in [0, 0.05) is 18.6 Å². The molecule has 0 radical (unpaired) electrons. The summed E-state index contributed by atoms with van der Waals surface area (Å²) in [7, 11) is -2.15. The molecule has 0 fully saturated rings. The summed E-state index contributed by atoms with van der Waals surface area (Å²) in [6.07, 6.45) is 1.01. The molecule has 0 spiro atoms. The number of anilines is 1. The molecule has 8 heteroatoms. The highest BCUT2D eigenvalue weighted by Crippen LogP contribution is 2.22. The Morgan fingerprint density at radius 1 is 1.12 bits per heavy atom. The first-order chi connectivity index (χ1) is 12.1. The lowest BCUT2D eigenvalue weighted by atomic mass is 10.2. The zero-order chi connectivity index (χ0) is 19.5. The molecule has 1 atom stereocenters. The van der Waals surface area contributed by atoms with E-state index in [1.54, 1.807) is 31.3 Å². The van der Waals surface area contributed by atoms with Gasteiger partial charge in [0.1, 0.15) is 11.9 Å². The van der Waals surface area contributed by atoms with E-state index in [0.717, 1.165) is 28.3 Å². The molecule has 0 unspecified atom stereocenters. The lowest BCUT2D eigenvalue weighted by Crippen LogP contribution is -2.48. The van der Waals surface area contributed by atoms with Crippen molar-refractivity contribution in [2.45, 2.75) is 19.5 Å². The average molecular weight is 399 g/mol. The zero-order valence-electron chi connectivity index (χ0n) is 14.7. The highest BCUT2D eigenvalue weighted by Gasteiger charge is 2.31. The molecule has 0 heterocycles. The lowest BCUT2D eigenvalue weighted by Gasteiger charge is -2.31. The second kappa shape index (κ2) is 8.05. The third kappa shape index (κ3) is 4.95. The third-order valence-corrected chi connectivity index (χ3v) is 5.35. The largest absolute Gasteiger partial charge is 0.340 e. The topological polar surface area (TPSA) is 57.7 Å². The summed E-state index contributed by atoms with van der Waals surface area (Å²) in [5, 5.41) is 0.593. The molecule has 0 N–H and O–H groups in total. The maximum atomic E-state index is 13.2. The first kappa shape index (κ1) is 20.2. The van der Waals surface area contributed by atoms with Crippen LogP contribution in [0.5, 0.6) is 0 Å². The molecular formula is C18H20ClFN2O3S. The van der Waals surface area contributed by atoms with Crippen LogP contribution in [0, 0.1) is 5.82 Å². The highest BCUT2D eigenvalue weighted by atomic mass is 35.5. The summed E-state index contributed by atoms with van der Waals surface area (Å²) in [5.74, 6) is -0.865. The van der Waals surface area contributed by atoms with E-state index in [0.29, 0.717) is 11.6 Å². The molecule has 140 valence electrons. The fourth-order valence-corrected chi connectivity index (χ4v) is 3.95. The molecule has 5 nitrogen and oxygen atoms in total. The zero-order valence-corrected chi connectivity index (χ0v) is 16.3. The molecule has 0 aromatic heterocycles. The molecule has 2 aromatic rings. The summed E-state index contributed by atoms with van der Waals surface area (Å²) >= 11 is 5.85. The van der Waals surface area contributed by atoms with Crippen LogP contribution >= 0.6 is 11.6 Å².